The van der Waals surface area contributed by atoms with Crippen molar-refractivity contribution in [1.29, 1.82) is 0 Å². The number of amides is 2. The second kappa shape index (κ2) is 8.25. The van der Waals surface area contributed by atoms with Crippen LogP contribution in [0.1, 0.15) is 22.5 Å². The highest BCUT2D eigenvalue weighted by Gasteiger charge is 2.39. The van der Waals surface area contributed by atoms with Crippen LogP contribution in [0.2, 0.25) is 0 Å². The first kappa shape index (κ1) is 20.1. The molecule has 2 saturated heterocycles. The molecule has 0 unspecified atom stereocenters. The van der Waals surface area contributed by atoms with Crippen LogP contribution in [-0.2, 0) is 14.8 Å². The van der Waals surface area contributed by atoms with Crippen molar-refractivity contribution in [2.75, 3.05) is 32.7 Å². The molecule has 0 radical (unpaired) electrons. The summed E-state index contributed by atoms with van der Waals surface area (Å²) in [7, 11) is -3.55. The van der Waals surface area contributed by atoms with Gasteiger partial charge in [-0.3, -0.25) is 9.59 Å². The smallest absolute Gasteiger partial charge is 0.264 e. The number of carbonyl (C=O) groups is 2. The lowest BCUT2D eigenvalue weighted by atomic mass is 10.1. The van der Waals surface area contributed by atoms with E-state index in [0.29, 0.717) is 30.9 Å². The van der Waals surface area contributed by atoms with Gasteiger partial charge < -0.3 is 9.80 Å². The summed E-state index contributed by atoms with van der Waals surface area (Å²) in [5, 5.41) is 1.85. The van der Waals surface area contributed by atoms with Crippen LogP contribution in [0.4, 0.5) is 0 Å². The molecule has 2 aliphatic rings. The van der Waals surface area contributed by atoms with Crippen molar-refractivity contribution in [1.82, 2.24) is 14.1 Å². The van der Waals surface area contributed by atoms with E-state index in [1.807, 2.05) is 11.4 Å². The lowest BCUT2D eigenvalue weighted by molar-refractivity contribution is -0.136. The standard InChI is InChI=1S/C20H23N3O4S2/c24-19(17-8-4-10-23(17)20(25)18-9-5-15-28-18)21-11-13-22(14-12-21)29(26,27)16-6-2-1-3-7-16/h1-3,5-7,9,15,17H,4,8,10-14H2/t17-/m0/s1. The van der Waals surface area contributed by atoms with Gasteiger partial charge in [-0.1, -0.05) is 24.3 Å². The summed E-state index contributed by atoms with van der Waals surface area (Å²) in [4.78, 5) is 30.1. The number of hydrogen-bond donors (Lipinski definition) is 0. The van der Waals surface area contributed by atoms with Gasteiger partial charge in [-0.05, 0) is 36.4 Å². The predicted octanol–water partition coefficient (Wildman–Crippen LogP) is 1.89. The van der Waals surface area contributed by atoms with Gasteiger partial charge in [0.25, 0.3) is 5.91 Å². The van der Waals surface area contributed by atoms with Crippen LogP contribution in [0.5, 0.6) is 0 Å². The second-order valence-electron chi connectivity index (χ2n) is 7.18. The zero-order chi connectivity index (χ0) is 20.4. The number of nitrogens with zero attached hydrogens (tertiary/aromatic N) is 3. The van der Waals surface area contributed by atoms with Gasteiger partial charge in [0.05, 0.1) is 9.77 Å². The highest BCUT2D eigenvalue weighted by molar-refractivity contribution is 7.89. The molecular formula is C20H23N3O4S2. The van der Waals surface area contributed by atoms with Crippen LogP contribution >= 0.6 is 11.3 Å². The van der Waals surface area contributed by atoms with E-state index in [0.717, 1.165) is 6.42 Å². The van der Waals surface area contributed by atoms with Crippen molar-refractivity contribution in [2.45, 2.75) is 23.8 Å². The quantitative estimate of drug-likeness (QED) is 0.738. The second-order valence-corrected chi connectivity index (χ2v) is 10.1. The summed E-state index contributed by atoms with van der Waals surface area (Å²) in [6, 6.07) is 11.5. The van der Waals surface area contributed by atoms with Crippen LogP contribution in [0.15, 0.2) is 52.7 Å². The molecule has 29 heavy (non-hydrogen) atoms. The Morgan fingerprint density at radius 3 is 2.31 bits per heavy atom. The van der Waals surface area contributed by atoms with E-state index in [2.05, 4.69) is 0 Å². The molecule has 2 amide bonds. The van der Waals surface area contributed by atoms with Crippen molar-refractivity contribution in [3.05, 3.63) is 52.7 Å². The Hall–Kier alpha value is -2.23. The third-order valence-corrected chi connectivity index (χ3v) is 8.23. The van der Waals surface area contributed by atoms with E-state index in [1.165, 1.54) is 15.6 Å². The van der Waals surface area contributed by atoms with Crippen LogP contribution in [-0.4, -0.2) is 73.1 Å². The number of hydrogen-bond acceptors (Lipinski definition) is 5. The fourth-order valence-corrected chi connectivity index (χ4v) is 6.03. The first-order chi connectivity index (χ1) is 14.0. The average molecular weight is 434 g/mol. The van der Waals surface area contributed by atoms with E-state index in [9.17, 15) is 18.0 Å². The highest BCUT2D eigenvalue weighted by Crippen LogP contribution is 2.25. The molecule has 1 atom stereocenters. The van der Waals surface area contributed by atoms with Gasteiger partial charge in [-0.25, -0.2) is 8.42 Å². The number of thiophene rings is 1. The molecule has 1 aromatic heterocycles. The molecule has 0 saturated carbocycles. The van der Waals surface area contributed by atoms with Gasteiger partial charge in [-0.15, -0.1) is 11.3 Å². The Morgan fingerprint density at radius 1 is 0.931 bits per heavy atom. The molecule has 2 aromatic rings. The lowest BCUT2D eigenvalue weighted by Crippen LogP contribution is -2.55. The predicted molar refractivity (Wildman–Crippen MR) is 110 cm³/mol. The Morgan fingerprint density at radius 2 is 1.66 bits per heavy atom. The number of rotatable bonds is 4. The minimum atomic E-state index is -3.55. The zero-order valence-corrected chi connectivity index (χ0v) is 17.6. The zero-order valence-electron chi connectivity index (χ0n) is 15.9. The van der Waals surface area contributed by atoms with Crippen molar-refractivity contribution in [3.63, 3.8) is 0 Å². The number of sulfonamides is 1. The largest absolute Gasteiger partial charge is 0.338 e. The number of carbonyl (C=O) groups excluding carboxylic acids is 2. The fourth-order valence-electron chi connectivity index (χ4n) is 3.91. The monoisotopic (exact) mass is 433 g/mol. The minimum absolute atomic E-state index is 0.0795. The first-order valence-corrected chi connectivity index (χ1v) is 12.0. The van der Waals surface area contributed by atoms with Gasteiger partial charge >= 0.3 is 0 Å². The number of benzene rings is 1. The molecule has 2 aliphatic heterocycles. The minimum Gasteiger partial charge on any atom is -0.338 e. The van der Waals surface area contributed by atoms with Gasteiger partial charge in [0.15, 0.2) is 0 Å². The normalized spacial score (nSPS) is 20.8. The van der Waals surface area contributed by atoms with Crippen LogP contribution in [0.25, 0.3) is 0 Å². The van der Waals surface area contributed by atoms with E-state index in [1.54, 1.807) is 46.2 Å². The van der Waals surface area contributed by atoms with Crippen molar-refractivity contribution in [2.24, 2.45) is 0 Å². The molecule has 7 nitrogen and oxygen atoms in total. The summed E-state index contributed by atoms with van der Waals surface area (Å²) in [6.45, 7) is 1.77. The van der Waals surface area contributed by atoms with Crippen molar-refractivity contribution < 1.29 is 18.0 Å². The van der Waals surface area contributed by atoms with Gasteiger partial charge in [0.2, 0.25) is 15.9 Å². The van der Waals surface area contributed by atoms with E-state index in [-0.39, 0.29) is 29.8 Å². The molecule has 3 heterocycles. The van der Waals surface area contributed by atoms with E-state index in [4.69, 9.17) is 0 Å². The molecule has 4 rings (SSSR count). The molecule has 0 aliphatic carbocycles. The topological polar surface area (TPSA) is 78.0 Å². The van der Waals surface area contributed by atoms with Crippen molar-refractivity contribution >= 4 is 33.2 Å². The SMILES string of the molecule is O=C([C@@H]1CCCN1C(=O)c1cccs1)N1CCN(S(=O)(=O)c2ccccc2)CC1. The molecule has 0 spiro atoms. The Kier molecular flexibility index (Phi) is 5.71. The summed E-state index contributed by atoms with van der Waals surface area (Å²) in [6.07, 6.45) is 1.45. The van der Waals surface area contributed by atoms with Crippen molar-refractivity contribution in [3.8, 4) is 0 Å². The number of piperazine rings is 1. The summed E-state index contributed by atoms with van der Waals surface area (Å²) >= 11 is 1.38. The van der Waals surface area contributed by atoms with E-state index >= 15 is 0 Å². The lowest BCUT2D eigenvalue weighted by Gasteiger charge is -2.36. The fraction of sp³-hybridized carbons (Fsp3) is 0.400. The average Bonchev–Trinajstić information content (AvgIpc) is 3.46. The Bertz CT molecular complexity index is 968. The third kappa shape index (κ3) is 3.94. The van der Waals surface area contributed by atoms with Crippen LogP contribution < -0.4 is 0 Å². The van der Waals surface area contributed by atoms with Crippen LogP contribution in [0, 0.1) is 0 Å². The maximum Gasteiger partial charge on any atom is 0.264 e. The maximum atomic E-state index is 13.1. The number of likely N-dealkylation sites (tertiary alicyclic amines) is 1. The molecule has 1 aromatic carbocycles. The van der Waals surface area contributed by atoms with Gasteiger partial charge in [0, 0.05) is 32.7 Å². The molecule has 9 heteroatoms. The molecule has 154 valence electrons. The summed E-state index contributed by atoms with van der Waals surface area (Å²) in [5.74, 6) is -0.176. The van der Waals surface area contributed by atoms with Gasteiger partial charge in [-0.2, -0.15) is 4.31 Å². The highest BCUT2D eigenvalue weighted by atomic mass is 32.2. The molecule has 2 fully saturated rings. The Labute approximate surface area is 174 Å². The molecule has 0 bridgehead atoms. The first-order valence-electron chi connectivity index (χ1n) is 9.67. The molecular weight excluding hydrogens is 410 g/mol. The molecule has 0 N–H and O–H groups in total. The summed E-state index contributed by atoms with van der Waals surface area (Å²) in [5.41, 5.74) is 0. The Balaban J connectivity index is 1.41. The van der Waals surface area contributed by atoms with Gasteiger partial charge in [0.1, 0.15) is 6.04 Å². The van der Waals surface area contributed by atoms with E-state index < -0.39 is 16.1 Å². The maximum absolute atomic E-state index is 13.1. The summed E-state index contributed by atoms with van der Waals surface area (Å²) < 4.78 is 27.0. The van der Waals surface area contributed by atoms with Crippen LogP contribution in [0.3, 0.4) is 0 Å². The third-order valence-electron chi connectivity index (χ3n) is 5.46.